The highest BCUT2D eigenvalue weighted by molar-refractivity contribution is 9.10. The number of H-pyrrole nitrogens is 1. The van der Waals surface area contributed by atoms with Crippen molar-refractivity contribution in [1.29, 1.82) is 0 Å². The molecular formula is C21H21BrN6O4. The molecule has 11 heteroatoms. The molecule has 4 atom stereocenters. The van der Waals surface area contributed by atoms with E-state index in [0.717, 1.165) is 20.9 Å². The maximum absolute atomic E-state index is 10.7. The zero-order valence-electron chi connectivity index (χ0n) is 16.8. The highest BCUT2D eigenvalue weighted by Crippen LogP contribution is 2.33. The van der Waals surface area contributed by atoms with Gasteiger partial charge in [0.2, 0.25) is 5.49 Å². The van der Waals surface area contributed by atoms with E-state index in [4.69, 9.17) is 15.7 Å². The standard InChI is InChI=1S/C21H21BrN6O4/c22-13-8-11-3-1-10(7-14(11)26-18(13)23)2-4-15-16(29)17(30)21(32-15)28-6-5-12-19(27-31)24-9-25-20(12)28/h1,3,5-9,15-17,21,29-31H,2,4H2,(H2,23,26)(H,24,25,27)/t15-,16-,17-,21-/m1/s1. The number of benzene rings is 1. The maximum Gasteiger partial charge on any atom is 0.203 e. The number of aliphatic hydroxyl groups is 2. The van der Waals surface area contributed by atoms with Crippen molar-refractivity contribution in [3.63, 3.8) is 0 Å². The zero-order chi connectivity index (χ0) is 22.4. The quantitative estimate of drug-likeness (QED) is 0.211. The number of halogens is 1. The second kappa shape index (κ2) is 8.17. The minimum absolute atomic E-state index is 0.152. The van der Waals surface area contributed by atoms with Crippen LogP contribution in [0.5, 0.6) is 0 Å². The molecule has 32 heavy (non-hydrogen) atoms. The Balaban J connectivity index is 1.35. The van der Waals surface area contributed by atoms with E-state index in [-0.39, 0.29) is 5.49 Å². The summed E-state index contributed by atoms with van der Waals surface area (Å²) in [4.78, 5) is 11.3. The molecule has 0 aliphatic carbocycles. The van der Waals surface area contributed by atoms with Crippen molar-refractivity contribution in [2.75, 3.05) is 5.73 Å². The number of aliphatic hydroxyl groups excluding tert-OH is 2. The van der Waals surface area contributed by atoms with E-state index in [1.807, 2.05) is 24.3 Å². The Morgan fingerprint density at radius 2 is 2.06 bits per heavy atom. The summed E-state index contributed by atoms with van der Waals surface area (Å²) in [6.07, 6.45) is 0.690. The Labute approximate surface area is 190 Å². The Morgan fingerprint density at radius 1 is 1.22 bits per heavy atom. The molecule has 1 aliphatic heterocycles. The number of nitrogens with zero attached hydrogens (tertiary/aromatic N) is 4. The number of ether oxygens (including phenoxy) is 1. The lowest BCUT2D eigenvalue weighted by atomic mass is 10.0. The third kappa shape index (κ3) is 3.52. The summed E-state index contributed by atoms with van der Waals surface area (Å²) in [5.41, 5.74) is 8.43. The third-order valence-corrected chi connectivity index (χ3v) is 6.47. The number of hydrogen-bond acceptors (Lipinski definition) is 8. The first-order valence-corrected chi connectivity index (χ1v) is 10.8. The monoisotopic (exact) mass is 500 g/mol. The van der Waals surface area contributed by atoms with Gasteiger partial charge >= 0.3 is 0 Å². The van der Waals surface area contributed by atoms with Gasteiger partial charge in [0.05, 0.1) is 27.8 Å². The molecule has 3 aromatic heterocycles. The predicted molar refractivity (Wildman–Crippen MR) is 120 cm³/mol. The summed E-state index contributed by atoms with van der Waals surface area (Å²) >= 11 is 3.39. The molecule has 1 fully saturated rings. The fraction of sp³-hybridized carbons (Fsp3) is 0.286. The van der Waals surface area contributed by atoms with Crippen molar-refractivity contribution in [2.24, 2.45) is 5.16 Å². The third-order valence-electron chi connectivity index (χ3n) is 5.83. The van der Waals surface area contributed by atoms with E-state index in [1.165, 1.54) is 6.33 Å². The normalized spacial score (nSPS) is 24.0. The van der Waals surface area contributed by atoms with E-state index in [1.54, 1.807) is 16.8 Å². The van der Waals surface area contributed by atoms with Crippen LogP contribution in [-0.4, -0.2) is 53.3 Å². The second-order valence-corrected chi connectivity index (χ2v) is 8.63. The molecule has 1 aromatic carbocycles. The molecule has 1 saturated heterocycles. The molecule has 4 heterocycles. The Morgan fingerprint density at radius 3 is 2.88 bits per heavy atom. The number of rotatable bonds is 4. The van der Waals surface area contributed by atoms with Crippen LogP contribution < -0.4 is 11.2 Å². The molecule has 4 aromatic rings. The van der Waals surface area contributed by atoms with E-state index < -0.39 is 24.5 Å². The average Bonchev–Trinajstić information content (AvgIpc) is 3.34. The van der Waals surface area contributed by atoms with Gasteiger partial charge in [0.1, 0.15) is 23.7 Å². The fourth-order valence-corrected chi connectivity index (χ4v) is 4.50. The number of nitrogens with one attached hydrogen (secondary N) is 1. The fourth-order valence-electron chi connectivity index (χ4n) is 4.16. The van der Waals surface area contributed by atoms with Gasteiger partial charge < -0.3 is 35.4 Å². The molecule has 10 nitrogen and oxygen atoms in total. The van der Waals surface area contributed by atoms with E-state index in [9.17, 15) is 10.2 Å². The molecule has 0 radical (unpaired) electrons. The summed E-state index contributed by atoms with van der Waals surface area (Å²) in [7, 11) is 0. The van der Waals surface area contributed by atoms with Crippen LogP contribution >= 0.6 is 15.9 Å². The van der Waals surface area contributed by atoms with Crippen LogP contribution in [0.4, 0.5) is 5.82 Å². The number of aryl methyl sites for hydroxylation is 1. The smallest absolute Gasteiger partial charge is 0.203 e. The van der Waals surface area contributed by atoms with Gasteiger partial charge in [0, 0.05) is 11.6 Å². The van der Waals surface area contributed by atoms with Crippen molar-refractivity contribution < 1.29 is 20.2 Å². The van der Waals surface area contributed by atoms with Crippen LogP contribution in [-0.2, 0) is 11.2 Å². The van der Waals surface area contributed by atoms with Crippen LogP contribution in [0.25, 0.3) is 21.9 Å². The summed E-state index contributed by atoms with van der Waals surface area (Å²) in [6, 6.07) is 9.58. The topological polar surface area (TPSA) is 155 Å². The molecule has 0 amide bonds. The molecule has 0 saturated carbocycles. The largest absolute Gasteiger partial charge is 0.409 e. The number of fused-ring (bicyclic) bond motifs is 2. The predicted octanol–water partition coefficient (Wildman–Crippen LogP) is 1.80. The molecule has 0 bridgehead atoms. The van der Waals surface area contributed by atoms with Crippen LogP contribution in [0.15, 0.2) is 52.5 Å². The minimum Gasteiger partial charge on any atom is -0.409 e. The Hall–Kier alpha value is -2.99. The lowest BCUT2D eigenvalue weighted by molar-refractivity contribution is -0.0364. The Kier molecular flexibility index (Phi) is 5.33. The molecular weight excluding hydrogens is 480 g/mol. The van der Waals surface area contributed by atoms with Crippen molar-refractivity contribution in [2.45, 2.75) is 37.4 Å². The molecule has 166 valence electrons. The van der Waals surface area contributed by atoms with Gasteiger partial charge in [-0.25, -0.2) is 9.97 Å². The number of nitrogens with two attached hydrogens (primary N) is 1. The lowest BCUT2D eigenvalue weighted by Gasteiger charge is -2.17. The molecule has 6 N–H and O–H groups in total. The SMILES string of the molecule is Nc1nc2cc(CC[C@H]3O[C@@H](n4ccc5/c(=N/O)nc[nH]c54)[C@H](O)[C@@H]3O)ccc2cc1Br. The van der Waals surface area contributed by atoms with E-state index in [2.05, 4.69) is 36.0 Å². The van der Waals surface area contributed by atoms with Gasteiger partial charge in [-0.15, -0.1) is 0 Å². The van der Waals surface area contributed by atoms with Crippen LogP contribution in [0, 0.1) is 0 Å². The van der Waals surface area contributed by atoms with Gasteiger partial charge in [-0.05, 0) is 52.5 Å². The van der Waals surface area contributed by atoms with Gasteiger partial charge in [0.25, 0.3) is 0 Å². The summed E-state index contributed by atoms with van der Waals surface area (Å²) in [5, 5.41) is 35.1. The number of pyridine rings is 1. The first-order valence-electron chi connectivity index (χ1n) is 10.0. The summed E-state index contributed by atoms with van der Waals surface area (Å²) in [5.74, 6) is 0.429. The number of anilines is 1. The van der Waals surface area contributed by atoms with Crippen LogP contribution in [0.2, 0.25) is 0 Å². The molecule has 0 unspecified atom stereocenters. The van der Waals surface area contributed by atoms with Crippen molar-refractivity contribution in [3.8, 4) is 0 Å². The number of aromatic nitrogens is 4. The van der Waals surface area contributed by atoms with E-state index >= 15 is 0 Å². The van der Waals surface area contributed by atoms with Crippen LogP contribution in [0.3, 0.4) is 0 Å². The van der Waals surface area contributed by atoms with E-state index in [0.29, 0.717) is 29.7 Å². The highest BCUT2D eigenvalue weighted by atomic mass is 79.9. The molecule has 1 aliphatic rings. The maximum atomic E-state index is 10.7. The summed E-state index contributed by atoms with van der Waals surface area (Å²) in [6.45, 7) is 0. The number of aromatic amines is 1. The minimum atomic E-state index is -1.12. The molecule has 0 spiro atoms. The van der Waals surface area contributed by atoms with Crippen LogP contribution in [0.1, 0.15) is 18.2 Å². The van der Waals surface area contributed by atoms with Gasteiger partial charge in [-0.3, -0.25) is 0 Å². The second-order valence-electron chi connectivity index (χ2n) is 7.78. The lowest BCUT2D eigenvalue weighted by Crippen LogP contribution is -2.31. The molecule has 5 rings (SSSR count). The van der Waals surface area contributed by atoms with Crippen molar-refractivity contribution in [3.05, 3.63) is 58.4 Å². The summed E-state index contributed by atoms with van der Waals surface area (Å²) < 4.78 is 8.47. The zero-order valence-corrected chi connectivity index (χ0v) is 18.3. The number of nitrogen functional groups attached to an aromatic ring is 1. The van der Waals surface area contributed by atoms with Crippen molar-refractivity contribution in [1.82, 2.24) is 19.5 Å². The van der Waals surface area contributed by atoms with Gasteiger partial charge in [-0.2, -0.15) is 0 Å². The number of hydrogen-bond donors (Lipinski definition) is 5. The Bertz CT molecular complexity index is 1370. The highest BCUT2D eigenvalue weighted by Gasteiger charge is 2.43. The first kappa shape index (κ1) is 20.9. The van der Waals surface area contributed by atoms with Gasteiger partial charge in [0.15, 0.2) is 6.23 Å². The van der Waals surface area contributed by atoms with Crippen molar-refractivity contribution >= 4 is 43.7 Å². The van der Waals surface area contributed by atoms with Gasteiger partial charge in [-0.1, -0.05) is 17.3 Å². The average molecular weight is 501 g/mol. The first-order chi connectivity index (χ1) is 15.5.